The topological polar surface area (TPSA) is 49.9 Å². The third-order valence-electron chi connectivity index (χ3n) is 5.50. The molecule has 0 aromatic heterocycles. The molecule has 3 rings (SSSR count). The molecule has 2 heterocycles. The van der Waals surface area contributed by atoms with Gasteiger partial charge in [-0.1, -0.05) is 19.8 Å². The number of carbonyl (C=O) groups is 2. The molecule has 0 radical (unpaired) electrons. The lowest BCUT2D eigenvalue weighted by Gasteiger charge is -2.43. The second kappa shape index (κ2) is 6.57. The van der Waals surface area contributed by atoms with E-state index < -0.39 is 0 Å². The average Bonchev–Trinajstić information content (AvgIpc) is 3.01. The van der Waals surface area contributed by atoms with Gasteiger partial charge in [-0.15, -0.1) is 0 Å². The molecule has 0 unspecified atom stereocenters. The number of hydrogen-bond donors (Lipinski definition) is 0. The molecule has 5 nitrogen and oxygen atoms in total. The number of nitrogens with zero attached hydrogens (tertiary/aromatic N) is 2. The van der Waals surface area contributed by atoms with E-state index in [1.165, 1.54) is 12.8 Å². The molecule has 1 aliphatic carbocycles. The number of rotatable bonds is 2. The Bertz CT molecular complexity index is 432. The highest BCUT2D eigenvalue weighted by molar-refractivity contribution is 5.81. The van der Waals surface area contributed by atoms with Gasteiger partial charge in [0.05, 0.1) is 18.1 Å². The number of ether oxygens (including phenoxy) is 1. The molecular formula is C17H28N2O3. The van der Waals surface area contributed by atoms with E-state index >= 15 is 0 Å². The molecule has 2 saturated heterocycles. The van der Waals surface area contributed by atoms with Crippen molar-refractivity contribution in [1.82, 2.24) is 9.80 Å². The first-order valence-corrected chi connectivity index (χ1v) is 8.84. The molecule has 0 aromatic carbocycles. The van der Waals surface area contributed by atoms with Crippen LogP contribution in [0, 0.1) is 5.92 Å². The summed E-state index contributed by atoms with van der Waals surface area (Å²) < 4.78 is 6.01. The Balaban J connectivity index is 1.61. The molecule has 1 saturated carbocycles. The third-order valence-corrected chi connectivity index (χ3v) is 5.50. The predicted molar refractivity (Wildman–Crippen MR) is 83.3 cm³/mol. The molecule has 3 aliphatic rings. The summed E-state index contributed by atoms with van der Waals surface area (Å²) in [6, 6.07) is 0. The van der Waals surface area contributed by atoms with E-state index in [4.69, 9.17) is 4.74 Å². The largest absolute Gasteiger partial charge is 0.371 e. The number of amides is 2. The van der Waals surface area contributed by atoms with Gasteiger partial charge in [0.2, 0.25) is 11.8 Å². The smallest absolute Gasteiger partial charge is 0.227 e. The highest BCUT2D eigenvalue weighted by Gasteiger charge is 2.42. The van der Waals surface area contributed by atoms with Crippen LogP contribution in [-0.2, 0) is 14.3 Å². The minimum atomic E-state index is -0.0680. The number of piperidine rings is 1. The Morgan fingerprint density at radius 1 is 1.14 bits per heavy atom. The second-order valence-corrected chi connectivity index (χ2v) is 7.03. The maximum absolute atomic E-state index is 12.9. The molecule has 5 heteroatoms. The van der Waals surface area contributed by atoms with Crippen LogP contribution in [-0.4, -0.2) is 60.0 Å². The van der Waals surface area contributed by atoms with Crippen LogP contribution in [0.25, 0.3) is 0 Å². The Kier molecular flexibility index (Phi) is 4.71. The molecule has 1 spiro atoms. The van der Waals surface area contributed by atoms with Crippen molar-refractivity contribution in [2.24, 2.45) is 5.92 Å². The van der Waals surface area contributed by atoms with Gasteiger partial charge in [0.15, 0.2) is 0 Å². The van der Waals surface area contributed by atoms with E-state index in [1.807, 2.05) is 16.7 Å². The Morgan fingerprint density at radius 3 is 2.64 bits per heavy atom. The lowest BCUT2D eigenvalue weighted by atomic mass is 9.94. The normalized spacial score (nSPS) is 28.1. The maximum Gasteiger partial charge on any atom is 0.227 e. The first-order chi connectivity index (χ1) is 10.6. The van der Waals surface area contributed by atoms with E-state index in [1.54, 1.807) is 0 Å². The van der Waals surface area contributed by atoms with Crippen LogP contribution in [0.2, 0.25) is 0 Å². The van der Waals surface area contributed by atoms with Crippen LogP contribution in [0.15, 0.2) is 0 Å². The molecule has 22 heavy (non-hydrogen) atoms. The number of morpholine rings is 1. The first kappa shape index (κ1) is 15.8. The van der Waals surface area contributed by atoms with Crippen molar-refractivity contribution >= 4 is 11.8 Å². The molecular weight excluding hydrogens is 280 g/mol. The van der Waals surface area contributed by atoms with Gasteiger partial charge in [0.25, 0.3) is 0 Å². The fraction of sp³-hybridized carbons (Fsp3) is 0.882. The van der Waals surface area contributed by atoms with Crippen molar-refractivity contribution in [3.05, 3.63) is 0 Å². The number of likely N-dealkylation sites (tertiary alicyclic amines) is 1. The second-order valence-electron chi connectivity index (χ2n) is 7.03. The van der Waals surface area contributed by atoms with Crippen LogP contribution >= 0.6 is 0 Å². The minimum Gasteiger partial charge on any atom is -0.371 e. The van der Waals surface area contributed by atoms with E-state index in [0.717, 1.165) is 38.8 Å². The van der Waals surface area contributed by atoms with Crippen molar-refractivity contribution in [3.63, 3.8) is 0 Å². The Hall–Kier alpha value is -1.10. The van der Waals surface area contributed by atoms with Gasteiger partial charge in [-0.2, -0.15) is 0 Å². The highest BCUT2D eigenvalue weighted by Crippen LogP contribution is 2.36. The first-order valence-electron chi connectivity index (χ1n) is 8.84. The number of hydrogen-bond acceptors (Lipinski definition) is 3. The van der Waals surface area contributed by atoms with Gasteiger partial charge in [0, 0.05) is 32.6 Å². The van der Waals surface area contributed by atoms with Crippen molar-refractivity contribution < 1.29 is 14.3 Å². The molecule has 0 bridgehead atoms. The van der Waals surface area contributed by atoms with Crippen LogP contribution in [0.5, 0.6) is 0 Å². The molecule has 3 fully saturated rings. The summed E-state index contributed by atoms with van der Waals surface area (Å²) >= 11 is 0. The number of carbonyl (C=O) groups excluding carboxylic acids is 2. The van der Waals surface area contributed by atoms with Gasteiger partial charge in [-0.3, -0.25) is 9.59 Å². The summed E-state index contributed by atoms with van der Waals surface area (Å²) in [6.45, 7) is 5.43. The monoisotopic (exact) mass is 308 g/mol. The lowest BCUT2D eigenvalue weighted by molar-refractivity contribution is -0.156. The Morgan fingerprint density at radius 2 is 1.91 bits per heavy atom. The third kappa shape index (κ3) is 3.14. The van der Waals surface area contributed by atoms with Crippen LogP contribution in [0.1, 0.15) is 51.9 Å². The van der Waals surface area contributed by atoms with E-state index in [9.17, 15) is 9.59 Å². The summed E-state index contributed by atoms with van der Waals surface area (Å²) in [5, 5.41) is 0. The highest BCUT2D eigenvalue weighted by atomic mass is 16.5. The quantitative estimate of drug-likeness (QED) is 0.782. The van der Waals surface area contributed by atoms with Gasteiger partial charge < -0.3 is 14.5 Å². The standard InChI is InChI=1S/C17H28N2O3/c1-2-15(20)18-9-5-6-14(12-18)16(21)19-10-11-22-17(13-19)7-3-4-8-17/h14H,2-13H2,1H3/t14-/m0/s1. The molecule has 124 valence electrons. The van der Waals surface area contributed by atoms with Gasteiger partial charge >= 0.3 is 0 Å². The zero-order chi connectivity index (χ0) is 15.6. The van der Waals surface area contributed by atoms with E-state index in [2.05, 4.69) is 0 Å². The van der Waals surface area contributed by atoms with E-state index in [-0.39, 0.29) is 23.3 Å². The lowest BCUT2D eigenvalue weighted by Crippen LogP contribution is -2.55. The zero-order valence-electron chi connectivity index (χ0n) is 13.7. The Labute approximate surface area is 133 Å². The van der Waals surface area contributed by atoms with Gasteiger partial charge in [-0.05, 0) is 25.7 Å². The summed E-state index contributed by atoms with van der Waals surface area (Å²) in [5.74, 6) is 0.399. The zero-order valence-corrected chi connectivity index (χ0v) is 13.7. The fourth-order valence-electron chi connectivity index (χ4n) is 4.24. The molecule has 0 N–H and O–H groups in total. The molecule has 2 amide bonds. The SMILES string of the molecule is CCC(=O)N1CCC[C@H](C(=O)N2CCOC3(CCCC3)C2)C1. The summed E-state index contributed by atoms with van der Waals surface area (Å²) in [5.41, 5.74) is -0.0680. The summed E-state index contributed by atoms with van der Waals surface area (Å²) in [7, 11) is 0. The molecule has 2 aliphatic heterocycles. The average molecular weight is 308 g/mol. The van der Waals surface area contributed by atoms with Crippen molar-refractivity contribution in [2.75, 3.05) is 32.8 Å². The predicted octanol–water partition coefficient (Wildman–Crippen LogP) is 1.81. The van der Waals surface area contributed by atoms with Crippen molar-refractivity contribution in [3.8, 4) is 0 Å². The van der Waals surface area contributed by atoms with Gasteiger partial charge in [0.1, 0.15) is 0 Å². The molecule has 1 atom stereocenters. The fourth-order valence-corrected chi connectivity index (χ4v) is 4.24. The molecule has 0 aromatic rings. The van der Waals surface area contributed by atoms with Crippen LogP contribution in [0.3, 0.4) is 0 Å². The summed E-state index contributed by atoms with van der Waals surface area (Å²) in [6.07, 6.45) is 6.98. The summed E-state index contributed by atoms with van der Waals surface area (Å²) in [4.78, 5) is 28.7. The van der Waals surface area contributed by atoms with Crippen molar-refractivity contribution in [2.45, 2.75) is 57.5 Å². The van der Waals surface area contributed by atoms with Crippen LogP contribution < -0.4 is 0 Å². The minimum absolute atomic E-state index is 0.0131. The van der Waals surface area contributed by atoms with Crippen molar-refractivity contribution in [1.29, 1.82) is 0 Å². The van der Waals surface area contributed by atoms with E-state index in [0.29, 0.717) is 26.1 Å². The van der Waals surface area contributed by atoms with Crippen LogP contribution in [0.4, 0.5) is 0 Å². The van der Waals surface area contributed by atoms with Gasteiger partial charge in [-0.25, -0.2) is 0 Å². The maximum atomic E-state index is 12.9.